The maximum atomic E-state index is 11.5. The monoisotopic (exact) mass is 205 g/mol. The number of nitrogens with one attached hydrogen (secondary N) is 1. The van der Waals surface area contributed by atoms with Gasteiger partial charge in [0.25, 0.3) is 0 Å². The normalized spacial score (nSPS) is 24.9. The van der Waals surface area contributed by atoms with Gasteiger partial charge in [-0.25, -0.2) is 0 Å². The third-order valence-electron chi connectivity index (χ3n) is 2.66. The number of carboxylic acids is 1. The zero-order valence-corrected chi connectivity index (χ0v) is 8.01. The SMILES string of the molecule is O=C(O)C1CNC(=O)C1c1ccccc1. The smallest absolute Gasteiger partial charge is 0.309 e. The van der Waals surface area contributed by atoms with Gasteiger partial charge < -0.3 is 10.4 Å². The van der Waals surface area contributed by atoms with Crippen molar-refractivity contribution in [2.24, 2.45) is 5.92 Å². The summed E-state index contributed by atoms with van der Waals surface area (Å²) in [5, 5.41) is 11.6. The summed E-state index contributed by atoms with van der Waals surface area (Å²) >= 11 is 0. The molecule has 4 heteroatoms. The van der Waals surface area contributed by atoms with Crippen LogP contribution in [0.2, 0.25) is 0 Å². The molecule has 4 nitrogen and oxygen atoms in total. The lowest BCUT2D eigenvalue weighted by Gasteiger charge is -2.12. The maximum Gasteiger partial charge on any atom is 0.309 e. The second-order valence-corrected chi connectivity index (χ2v) is 3.58. The molecule has 1 aliphatic rings. The Labute approximate surface area is 86.9 Å². The number of aliphatic carboxylic acids is 1. The number of carboxylic acid groups (broad SMARTS) is 1. The van der Waals surface area contributed by atoms with E-state index < -0.39 is 17.8 Å². The third-order valence-corrected chi connectivity index (χ3v) is 2.66. The molecule has 0 bridgehead atoms. The fourth-order valence-electron chi connectivity index (χ4n) is 1.90. The number of benzene rings is 1. The van der Waals surface area contributed by atoms with Gasteiger partial charge in [-0.15, -0.1) is 0 Å². The van der Waals surface area contributed by atoms with Gasteiger partial charge in [0.05, 0.1) is 11.8 Å². The molecule has 0 radical (unpaired) electrons. The highest BCUT2D eigenvalue weighted by Gasteiger charge is 2.40. The van der Waals surface area contributed by atoms with Crippen LogP contribution in [-0.4, -0.2) is 23.5 Å². The Morgan fingerprint density at radius 1 is 1.33 bits per heavy atom. The first-order valence-corrected chi connectivity index (χ1v) is 4.75. The van der Waals surface area contributed by atoms with Crippen molar-refractivity contribution < 1.29 is 14.7 Å². The molecule has 2 unspecified atom stereocenters. The van der Waals surface area contributed by atoms with Gasteiger partial charge in [0.15, 0.2) is 0 Å². The Bertz CT molecular complexity index is 388. The molecular weight excluding hydrogens is 194 g/mol. The summed E-state index contributed by atoms with van der Waals surface area (Å²) in [4.78, 5) is 22.5. The molecule has 1 fully saturated rings. The van der Waals surface area contributed by atoms with Gasteiger partial charge in [0, 0.05) is 6.54 Å². The van der Waals surface area contributed by atoms with E-state index in [9.17, 15) is 9.59 Å². The second-order valence-electron chi connectivity index (χ2n) is 3.58. The fourth-order valence-corrected chi connectivity index (χ4v) is 1.90. The Hall–Kier alpha value is -1.84. The van der Waals surface area contributed by atoms with Crippen molar-refractivity contribution in [1.82, 2.24) is 5.32 Å². The topological polar surface area (TPSA) is 66.4 Å². The molecule has 0 saturated carbocycles. The van der Waals surface area contributed by atoms with E-state index in [1.165, 1.54) is 0 Å². The minimum absolute atomic E-state index is 0.200. The van der Waals surface area contributed by atoms with E-state index in [0.717, 1.165) is 5.56 Å². The number of carbonyl (C=O) groups excluding carboxylic acids is 1. The van der Waals surface area contributed by atoms with Crippen molar-refractivity contribution in [3.8, 4) is 0 Å². The van der Waals surface area contributed by atoms with Gasteiger partial charge >= 0.3 is 5.97 Å². The molecule has 2 atom stereocenters. The van der Waals surface area contributed by atoms with Crippen molar-refractivity contribution in [3.63, 3.8) is 0 Å². The second kappa shape index (κ2) is 3.73. The van der Waals surface area contributed by atoms with Crippen LogP contribution in [0, 0.1) is 5.92 Å². The van der Waals surface area contributed by atoms with Crippen LogP contribution >= 0.6 is 0 Å². The summed E-state index contributed by atoms with van der Waals surface area (Å²) in [5.41, 5.74) is 0.764. The maximum absolute atomic E-state index is 11.5. The zero-order valence-electron chi connectivity index (χ0n) is 8.01. The average molecular weight is 205 g/mol. The Balaban J connectivity index is 2.33. The molecule has 1 saturated heterocycles. The number of rotatable bonds is 2. The first-order valence-electron chi connectivity index (χ1n) is 4.75. The number of hydrogen-bond donors (Lipinski definition) is 2. The van der Waals surface area contributed by atoms with E-state index in [1.54, 1.807) is 24.3 Å². The molecule has 2 rings (SSSR count). The minimum Gasteiger partial charge on any atom is -0.481 e. The summed E-state index contributed by atoms with van der Waals surface area (Å²) in [6, 6.07) is 9.02. The van der Waals surface area contributed by atoms with Crippen LogP contribution in [0.25, 0.3) is 0 Å². The highest BCUT2D eigenvalue weighted by molar-refractivity contribution is 5.92. The average Bonchev–Trinajstić information content (AvgIpc) is 2.61. The van der Waals surface area contributed by atoms with Gasteiger partial charge in [0.2, 0.25) is 5.91 Å². The van der Waals surface area contributed by atoms with Crippen molar-refractivity contribution >= 4 is 11.9 Å². The lowest BCUT2D eigenvalue weighted by Crippen LogP contribution is -2.21. The molecule has 1 heterocycles. The van der Waals surface area contributed by atoms with Crippen molar-refractivity contribution in [2.75, 3.05) is 6.54 Å². The van der Waals surface area contributed by atoms with E-state index in [-0.39, 0.29) is 12.5 Å². The molecule has 0 aliphatic carbocycles. The molecule has 15 heavy (non-hydrogen) atoms. The molecular formula is C11H11NO3. The summed E-state index contributed by atoms with van der Waals surface area (Å²) in [6.45, 7) is 0.216. The molecule has 1 amide bonds. The summed E-state index contributed by atoms with van der Waals surface area (Å²) in [6.07, 6.45) is 0. The molecule has 78 valence electrons. The van der Waals surface area contributed by atoms with E-state index in [4.69, 9.17) is 5.11 Å². The fraction of sp³-hybridized carbons (Fsp3) is 0.273. The Morgan fingerprint density at radius 3 is 2.60 bits per heavy atom. The van der Waals surface area contributed by atoms with E-state index in [0.29, 0.717) is 0 Å². The standard InChI is InChI=1S/C11H11NO3/c13-10-9(7-4-2-1-3-5-7)8(6-12-10)11(14)15/h1-5,8-9H,6H2,(H,12,13)(H,14,15). The molecule has 1 aromatic rings. The molecule has 1 aliphatic heterocycles. The number of hydrogen-bond acceptors (Lipinski definition) is 2. The quantitative estimate of drug-likeness (QED) is 0.743. The predicted molar refractivity (Wildman–Crippen MR) is 53.3 cm³/mol. The van der Waals surface area contributed by atoms with E-state index >= 15 is 0 Å². The van der Waals surface area contributed by atoms with Crippen molar-refractivity contribution in [2.45, 2.75) is 5.92 Å². The van der Waals surface area contributed by atoms with Gasteiger partial charge in [-0.2, -0.15) is 0 Å². The number of amides is 1. The van der Waals surface area contributed by atoms with Crippen LogP contribution in [0.4, 0.5) is 0 Å². The van der Waals surface area contributed by atoms with Crippen LogP contribution in [0.1, 0.15) is 11.5 Å². The highest BCUT2D eigenvalue weighted by atomic mass is 16.4. The Morgan fingerprint density at radius 2 is 2.00 bits per heavy atom. The van der Waals surface area contributed by atoms with Crippen molar-refractivity contribution in [3.05, 3.63) is 35.9 Å². The summed E-state index contributed by atoms with van der Waals surface area (Å²) in [5.74, 6) is -2.33. The van der Waals surface area contributed by atoms with Crippen molar-refractivity contribution in [1.29, 1.82) is 0 Å². The lowest BCUT2D eigenvalue weighted by atomic mass is 9.88. The lowest BCUT2D eigenvalue weighted by molar-refractivity contribution is -0.142. The van der Waals surface area contributed by atoms with Gasteiger partial charge in [-0.05, 0) is 5.56 Å². The van der Waals surface area contributed by atoms with Crippen LogP contribution in [0.5, 0.6) is 0 Å². The van der Waals surface area contributed by atoms with Gasteiger partial charge in [-0.3, -0.25) is 9.59 Å². The van der Waals surface area contributed by atoms with Crippen LogP contribution in [0.3, 0.4) is 0 Å². The molecule has 2 N–H and O–H groups in total. The summed E-state index contributed by atoms with van der Waals surface area (Å²) < 4.78 is 0. The minimum atomic E-state index is -0.929. The first kappa shape index (κ1) is 9.71. The molecule has 0 spiro atoms. The van der Waals surface area contributed by atoms with Gasteiger partial charge in [0.1, 0.15) is 0 Å². The third kappa shape index (κ3) is 1.70. The first-order chi connectivity index (χ1) is 7.20. The van der Waals surface area contributed by atoms with Crippen LogP contribution in [0.15, 0.2) is 30.3 Å². The van der Waals surface area contributed by atoms with Crippen LogP contribution in [-0.2, 0) is 9.59 Å². The zero-order chi connectivity index (χ0) is 10.8. The highest BCUT2D eigenvalue weighted by Crippen LogP contribution is 2.28. The van der Waals surface area contributed by atoms with E-state index in [1.807, 2.05) is 6.07 Å². The Kier molecular flexibility index (Phi) is 2.41. The number of carbonyl (C=O) groups is 2. The van der Waals surface area contributed by atoms with Crippen LogP contribution < -0.4 is 5.32 Å². The molecule has 0 aromatic heterocycles. The summed E-state index contributed by atoms with van der Waals surface area (Å²) in [7, 11) is 0. The molecule has 1 aromatic carbocycles. The largest absolute Gasteiger partial charge is 0.481 e. The predicted octanol–water partition coefficient (Wildman–Crippen LogP) is 0.601. The van der Waals surface area contributed by atoms with Gasteiger partial charge in [-0.1, -0.05) is 30.3 Å². The van der Waals surface area contributed by atoms with E-state index in [2.05, 4.69) is 5.32 Å².